The number of amides is 1. The second kappa shape index (κ2) is 8.36. The molecule has 0 bridgehead atoms. The van der Waals surface area contributed by atoms with Gasteiger partial charge in [-0.1, -0.05) is 0 Å². The smallest absolute Gasteiger partial charge is 0.228 e. The van der Waals surface area contributed by atoms with E-state index >= 15 is 0 Å². The molecule has 4 N–H and O–H groups in total. The third kappa shape index (κ3) is 4.26. The Bertz CT molecular complexity index is 903. The highest BCUT2D eigenvalue weighted by atomic mass is 16.5. The number of likely N-dealkylation sites (tertiary alicyclic amines) is 1. The quantitative estimate of drug-likeness (QED) is 0.599. The van der Waals surface area contributed by atoms with E-state index in [1.165, 1.54) is 6.92 Å². The molecule has 2 aliphatic rings. The Kier molecular flexibility index (Phi) is 5.64. The van der Waals surface area contributed by atoms with Gasteiger partial charge in [0.2, 0.25) is 17.8 Å². The molecule has 2 aromatic heterocycles. The fourth-order valence-corrected chi connectivity index (χ4v) is 3.71. The maximum atomic E-state index is 11.8. The fraction of sp³-hybridized carbons (Fsp3) is 0.526. The summed E-state index contributed by atoms with van der Waals surface area (Å²) in [6.07, 6.45) is 3.86. The highest BCUT2D eigenvalue weighted by Crippen LogP contribution is 2.29. The summed E-state index contributed by atoms with van der Waals surface area (Å²) in [6, 6.07) is 1.80. The Labute approximate surface area is 174 Å². The molecule has 4 rings (SSSR count). The van der Waals surface area contributed by atoms with Crippen molar-refractivity contribution in [1.82, 2.24) is 24.8 Å². The molecule has 11 nitrogen and oxygen atoms in total. The third-order valence-corrected chi connectivity index (χ3v) is 5.47. The van der Waals surface area contributed by atoms with E-state index in [-0.39, 0.29) is 18.5 Å². The summed E-state index contributed by atoms with van der Waals surface area (Å²) < 4.78 is 5.44. The number of carbonyl (C=O) groups excluding carboxylic acids is 1. The van der Waals surface area contributed by atoms with Gasteiger partial charge in [0.25, 0.3) is 0 Å². The summed E-state index contributed by atoms with van der Waals surface area (Å²) in [5, 5.41) is 13.5. The van der Waals surface area contributed by atoms with Crippen LogP contribution in [0.4, 0.5) is 17.7 Å². The maximum absolute atomic E-state index is 11.8. The van der Waals surface area contributed by atoms with E-state index < -0.39 is 5.54 Å². The van der Waals surface area contributed by atoms with Gasteiger partial charge < -0.3 is 30.7 Å². The van der Waals surface area contributed by atoms with Crippen LogP contribution in [0.15, 0.2) is 18.5 Å². The fourth-order valence-electron chi connectivity index (χ4n) is 3.71. The molecular weight excluding hydrogens is 388 g/mol. The standard InChI is InChI=1S/C19H26N8O3/c1-13(29)27-3-2-19(11-27,12-28)25-16-8-15(14-9-21-17(20)22-10-14)23-18(24-16)26-4-6-30-7-5-26/h8-10,28H,2-7,11-12H2,1H3,(H2,20,21,22)(H,23,24,25)/t19-/m0/s1. The average Bonchev–Trinajstić information content (AvgIpc) is 3.19. The molecule has 0 radical (unpaired) electrons. The zero-order chi connectivity index (χ0) is 21.1. The van der Waals surface area contributed by atoms with Crippen LogP contribution < -0.4 is 16.0 Å². The first-order valence-electron chi connectivity index (χ1n) is 9.92. The average molecular weight is 414 g/mol. The molecule has 2 fully saturated rings. The van der Waals surface area contributed by atoms with E-state index in [9.17, 15) is 9.90 Å². The molecule has 0 aromatic carbocycles. The van der Waals surface area contributed by atoms with E-state index in [1.54, 1.807) is 23.4 Å². The molecule has 1 atom stereocenters. The van der Waals surface area contributed by atoms with Crippen LogP contribution in [0.2, 0.25) is 0 Å². The number of aliphatic hydroxyl groups is 1. The van der Waals surface area contributed by atoms with Crippen LogP contribution in [-0.4, -0.2) is 87.4 Å². The summed E-state index contributed by atoms with van der Waals surface area (Å²) in [4.78, 5) is 33.1. The molecule has 2 saturated heterocycles. The number of rotatable bonds is 5. The Morgan fingerprint density at radius 2 is 2.00 bits per heavy atom. The summed E-state index contributed by atoms with van der Waals surface area (Å²) in [5.74, 6) is 1.31. The molecule has 1 amide bonds. The molecule has 0 unspecified atom stereocenters. The lowest BCUT2D eigenvalue weighted by Crippen LogP contribution is -2.46. The van der Waals surface area contributed by atoms with Gasteiger partial charge in [0.1, 0.15) is 5.82 Å². The Balaban J connectivity index is 1.68. The summed E-state index contributed by atoms with van der Waals surface area (Å²) in [6.45, 7) is 5.00. The zero-order valence-electron chi connectivity index (χ0n) is 16.9. The minimum absolute atomic E-state index is 0.0106. The predicted molar refractivity (Wildman–Crippen MR) is 111 cm³/mol. The first-order chi connectivity index (χ1) is 14.5. The Hall–Kier alpha value is -3.05. The molecule has 30 heavy (non-hydrogen) atoms. The minimum atomic E-state index is -0.656. The molecule has 160 valence electrons. The van der Waals surface area contributed by atoms with Crippen molar-refractivity contribution in [2.45, 2.75) is 18.9 Å². The van der Waals surface area contributed by atoms with Crippen molar-refractivity contribution in [2.75, 3.05) is 62.0 Å². The van der Waals surface area contributed by atoms with E-state index in [2.05, 4.69) is 20.2 Å². The lowest BCUT2D eigenvalue weighted by molar-refractivity contribution is -0.128. The second-order valence-electron chi connectivity index (χ2n) is 7.62. The van der Waals surface area contributed by atoms with Crippen LogP contribution in [0.25, 0.3) is 11.3 Å². The topological polar surface area (TPSA) is 143 Å². The maximum Gasteiger partial charge on any atom is 0.228 e. The molecular formula is C19H26N8O3. The van der Waals surface area contributed by atoms with Crippen molar-refractivity contribution < 1.29 is 14.6 Å². The Morgan fingerprint density at radius 3 is 2.63 bits per heavy atom. The van der Waals surface area contributed by atoms with Gasteiger partial charge in [-0.3, -0.25) is 4.79 Å². The number of hydrogen-bond acceptors (Lipinski definition) is 10. The summed E-state index contributed by atoms with van der Waals surface area (Å²) >= 11 is 0. The van der Waals surface area contributed by atoms with Gasteiger partial charge in [-0.25, -0.2) is 15.0 Å². The number of carbonyl (C=O) groups is 1. The van der Waals surface area contributed by atoms with Gasteiger partial charge in [0, 0.05) is 57.1 Å². The first kappa shape index (κ1) is 20.2. The number of hydrogen-bond donors (Lipinski definition) is 3. The lowest BCUT2D eigenvalue weighted by Gasteiger charge is -2.31. The Morgan fingerprint density at radius 1 is 1.27 bits per heavy atom. The van der Waals surface area contributed by atoms with Crippen LogP contribution in [0, 0.1) is 0 Å². The number of aromatic nitrogens is 4. The number of nitrogens with two attached hydrogens (primary N) is 1. The SMILES string of the molecule is CC(=O)N1CC[C@](CO)(Nc2cc(-c3cnc(N)nc3)nc(N3CCOCC3)n2)C1. The van der Waals surface area contributed by atoms with Crippen LogP contribution in [0.5, 0.6) is 0 Å². The normalized spacial score (nSPS) is 21.7. The summed E-state index contributed by atoms with van der Waals surface area (Å²) in [7, 11) is 0. The second-order valence-corrected chi connectivity index (χ2v) is 7.62. The van der Waals surface area contributed by atoms with Gasteiger partial charge in [0.15, 0.2) is 0 Å². The van der Waals surface area contributed by atoms with Crippen LogP contribution in [-0.2, 0) is 9.53 Å². The largest absolute Gasteiger partial charge is 0.394 e. The van der Waals surface area contributed by atoms with E-state index in [1.807, 2.05) is 0 Å². The predicted octanol–water partition coefficient (Wildman–Crippen LogP) is -0.252. The van der Waals surface area contributed by atoms with E-state index in [4.69, 9.17) is 20.4 Å². The van der Waals surface area contributed by atoms with Crippen LogP contribution in [0.1, 0.15) is 13.3 Å². The highest BCUT2D eigenvalue weighted by Gasteiger charge is 2.39. The number of nitrogen functional groups attached to an aromatic ring is 1. The van der Waals surface area contributed by atoms with E-state index in [0.717, 1.165) is 0 Å². The molecule has 11 heteroatoms. The number of ether oxygens (including phenoxy) is 1. The first-order valence-corrected chi connectivity index (χ1v) is 9.92. The molecule has 2 aromatic rings. The van der Waals surface area contributed by atoms with Crippen molar-refractivity contribution in [1.29, 1.82) is 0 Å². The molecule has 0 aliphatic carbocycles. The van der Waals surface area contributed by atoms with Gasteiger partial charge in [0.05, 0.1) is 31.1 Å². The minimum Gasteiger partial charge on any atom is -0.394 e. The van der Waals surface area contributed by atoms with Gasteiger partial charge in [-0.2, -0.15) is 4.98 Å². The number of nitrogens with zero attached hydrogens (tertiary/aromatic N) is 6. The van der Waals surface area contributed by atoms with Gasteiger partial charge >= 0.3 is 0 Å². The third-order valence-electron chi connectivity index (χ3n) is 5.47. The van der Waals surface area contributed by atoms with Crippen molar-refractivity contribution in [3.8, 4) is 11.3 Å². The van der Waals surface area contributed by atoms with Crippen LogP contribution in [0.3, 0.4) is 0 Å². The van der Waals surface area contributed by atoms with Crippen molar-refractivity contribution in [2.24, 2.45) is 0 Å². The van der Waals surface area contributed by atoms with Crippen molar-refractivity contribution in [3.63, 3.8) is 0 Å². The van der Waals surface area contributed by atoms with Crippen LogP contribution >= 0.6 is 0 Å². The molecule has 2 aliphatic heterocycles. The van der Waals surface area contributed by atoms with Gasteiger partial charge in [-0.05, 0) is 6.42 Å². The zero-order valence-corrected chi connectivity index (χ0v) is 16.9. The monoisotopic (exact) mass is 414 g/mol. The van der Waals surface area contributed by atoms with Crippen molar-refractivity contribution in [3.05, 3.63) is 18.5 Å². The number of morpholine rings is 1. The van der Waals surface area contributed by atoms with Gasteiger partial charge in [-0.15, -0.1) is 0 Å². The lowest BCUT2D eigenvalue weighted by atomic mass is 10.00. The number of anilines is 3. The molecule has 0 saturated carbocycles. The van der Waals surface area contributed by atoms with Crippen molar-refractivity contribution >= 4 is 23.6 Å². The highest BCUT2D eigenvalue weighted by molar-refractivity contribution is 5.74. The molecule has 0 spiro atoms. The molecule has 4 heterocycles. The number of nitrogens with one attached hydrogen (secondary N) is 1. The summed E-state index contributed by atoms with van der Waals surface area (Å²) in [5.41, 5.74) is 6.31. The van der Waals surface area contributed by atoms with E-state index in [0.29, 0.717) is 68.8 Å². The number of aliphatic hydroxyl groups excluding tert-OH is 1.